The monoisotopic (exact) mass is 484 g/mol. The maximum atomic E-state index is 13.2. The molecule has 0 radical (unpaired) electrons. The summed E-state index contributed by atoms with van der Waals surface area (Å²) in [7, 11) is 0. The van der Waals surface area contributed by atoms with Crippen LogP contribution < -0.4 is 5.43 Å². The van der Waals surface area contributed by atoms with Crippen LogP contribution in [0.5, 0.6) is 0 Å². The van der Waals surface area contributed by atoms with E-state index >= 15 is 0 Å². The fourth-order valence-corrected chi connectivity index (χ4v) is 4.70. The molecule has 0 aliphatic carbocycles. The van der Waals surface area contributed by atoms with Gasteiger partial charge in [0.05, 0.1) is 16.4 Å². The van der Waals surface area contributed by atoms with Crippen LogP contribution >= 0.6 is 23.2 Å². The fraction of sp³-hybridized carbons (Fsp3) is 0.385. The molecule has 7 heteroatoms. The summed E-state index contributed by atoms with van der Waals surface area (Å²) in [5, 5.41) is 7.74. The number of hydrogen-bond donors (Lipinski definition) is 1. The van der Waals surface area contributed by atoms with Gasteiger partial charge in [0.15, 0.2) is 5.69 Å². The smallest absolute Gasteiger partial charge is 0.283 e. The van der Waals surface area contributed by atoms with Crippen molar-refractivity contribution in [1.29, 1.82) is 0 Å². The molecule has 4 rings (SSSR count). The van der Waals surface area contributed by atoms with Gasteiger partial charge >= 0.3 is 0 Å². The van der Waals surface area contributed by atoms with Gasteiger partial charge in [-0.2, -0.15) is 5.10 Å². The third kappa shape index (κ3) is 5.11. The number of hydrazine groups is 1. The fourth-order valence-electron chi connectivity index (χ4n) is 4.21. The lowest BCUT2D eigenvalue weighted by Gasteiger charge is -2.26. The lowest BCUT2D eigenvalue weighted by atomic mass is 9.86. The topological polar surface area (TPSA) is 50.2 Å². The van der Waals surface area contributed by atoms with Gasteiger partial charge in [-0.05, 0) is 48.9 Å². The van der Waals surface area contributed by atoms with Crippen molar-refractivity contribution >= 4 is 29.1 Å². The van der Waals surface area contributed by atoms with Gasteiger partial charge in [-0.25, -0.2) is 9.69 Å². The Balaban J connectivity index is 1.80. The number of hydrogen-bond acceptors (Lipinski definition) is 3. The van der Waals surface area contributed by atoms with Gasteiger partial charge in [-0.15, -0.1) is 0 Å². The highest BCUT2D eigenvalue weighted by Gasteiger charge is 2.25. The van der Waals surface area contributed by atoms with Crippen LogP contribution in [-0.4, -0.2) is 33.8 Å². The first-order valence-corrected chi connectivity index (χ1v) is 12.1. The molecule has 1 aliphatic heterocycles. The standard InChI is InChI=1S/C26H30Cl2N4O/c1-17-23(25(33)30-31-14-6-5-7-15-31)29-32(22-13-12-20(27)16-21(22)28)24(17)18-8-10-19(11-9-18)26(2,3)4/h8-13,16H,5-7,14-15H2,1-4H3,(H,30,33). The quantitative estimate of drug-likeness (QED) is 0.454. The Morgan fingerprint density at radius 2 is 1.67 bits per heavy atom. The number of carbonyl (C=O) groups is 1. The minimum atomic E-state index is -0.203. The molecule has 33 heavy (non-hydrogen) atoms. The van der Waals surface area contributed by atoms with Crippen molar-refractivity contribution in [2.24, 2.45) is 0 Å². The second-order valence-corrected chi connectivity index (χ2v) is 10.5. The van der Waals surface area contributed by atoms with E-state index in [1.807, 2.05) is 18.0 Å². The van der Waals surface area contributed by atoms with E-state index < -0.39 is 0 Å². The van der Waals surface area contributed by atoms with E-state index in [1.54, 1.807) is 16.8 Å². The number of rotatable bonds is 4. The first kappa shape index (κ1) is 23.8. The van der Waals surface area contributed by atoms with E-state index in [1.165, 1.54) is 12.0 Å². The summed E-state index contributed by atoms with van der Waals surface area (Å²) < 4.78 is 1.76. The van der Waals surface area contributed by atoms with Crippen molar-refractivity contribution in [2.75, 3.05) is 13.1 Å². The molecular formula is C26H30Cl2N4O. The Labute approximate surface area is 205 Å². The van der Waals surface area contributed by atoms with Crippen molar-refractivity contribution in [3.8, 4) is 16.9 Å². The van der Waals surface area contributed by atoms with Crippen LogP contribution in [0.1, 0.15) is 61.6 Å². The Morgan fingerprint density at radius 3 is 2.27 bits per heavy atom. The lowest BCUT2D eigenvalue weighted by Crippen LogP contribution is -2.45. The Kier molecular flexibility index (Phi) is 6.85. The molecule has 1 fully saturated rings. The van der Waals surface area contributed by atoms with Gasteiger partial charge in [0.2, 0.25) is 0 Å². The first-order valence-electron chi connectivity index (χ1n) is 11.4. The third-order valence-electron chi connectivity index (χ3n) is 6.12. The second kappa shape index (κ2) is 9.49. The van der Waals surface area contributed by atoms with Crippen LogP contribution in [0.25, 0.3) is 16.9 Å². The molecule has 0 bridgehead atoms. The zero-order valence-corrected chi connectivity index (χ0v) is 21.1. The molecule has 1 amide bonds. The maximum absolute atomic E-state index is 13.2. The summed E-state index contributed by atoms with van der Waals surface area (Å²) in [5.41, 5.74) is 8.00. The van der Waals surface area contributed by atoms with Crippen molar-refractivity contribution in [1.82, 2.24) is 20.2 Å². The van der Waals surface area contributed by atoms with E-state index in [0.717, 1.165) is 42.8 Å². The summed E-state index contributed by atoms with van der Waals surface area (Å²) in [6.07, 6.45) is 3.36. The molecule has 0 saturated carbocycles. The highest BCUT2D eigenvalue weighted by Crippen LogP contribution is 2.34. The van der Waals surface area contributed by atoms with Crippen molar-refractivity contribution in [3.05, 3.63) is 69.3 Å². The highest BCUT2D eigenvalue weighted by molar-refractivity contribution is 6.35. The van der Waals surface area contributed by atoms with Gasteiger partial charge in [-0.1, -0.05) is 74.7 Å². The predicted molar refractivity (Wildman–Crippen MR) is 135 cm³/mol. The minimum absolute atomic E-state index is 0.0484. The predicted octanol–water partition coefficient (Wildman–Crippen LogP) is 6.58. The lowest BCUT2D eigenvalue weighted by molar-refractivity contribution is 0.0743. The maximum Gasteiger partial charge on any atom is 0.286 e. The van der Waals surface area contributed by atoms with Gasteiger partial charge in [0.1, 0.15) is 0 Å². The molecule has 0 unspecified atom stereocenters. The molecule has 5 nitrogen and oxygen atoms in total. The largest absolute Gasteiger partial charge is 0.286 e. The number of piperidine rings is 1. The van der Waals surface area contributed by atoms with E-state index in [9.17, 15) is 4.79 Å². The normalized spacial score (nSPS) is 15.0. The molecule has 1 aromatic heterocycles. The van der Waals surface area contributed by atoms with E-state index in [2.05, 4.69) is 50.5 Å². The molecular weight excluding hydrogens is 455 g/mol. The Bertz CT molecular complexity index is 1160. The molecule has 1 aliphatic rings. The van der Waals surface area contributed by atoms with Gasteiger partial charge in [0, 0.05) is 29.2 Å². The van der Waals surface area contributed by atoms with Crippen molar-refractivity contribution in [2.45, 2.75) is 52.4 Å². The van der Waals surface area contributed by atoms with Crippen LogP contribution in [-0.2, 0) is 5.41 Å². The number of nitrogens with zero attached hydrogens (tertiary/aromatic N) is 3. The van der Waals surface area contributed by atoms with Crippen LogP contribution in [0.15, 0.2) is 42.5 Å². The molecule has 2 aromatic carbocycles. The summed E-state index contributed by atoms with van der Waals surface area (Å²) >= 11 is 12.7. The number of aromatic nitrogens is 2. The summed E-state index contributed by atoms with van der Waals surface area (Å²) in [6.45, 7) is 10.2. The number of benzene rings is 2. The van der Waals surface area contributed by atoms with E-state index in [-0.39, 0.29) is 11.3 Å². The summed E-state index contributed by atoms with van der Waals surface area (Å²) in [6, 6.07) is 13.7. The molecule has 0 spiro atoms. The van der Waals surface area contributed by atoms with Crippen LogP contribution in [0.2, 0.25) is 10.0 Å². The Morgan fingerprint density at radius 1 is 1.00 bits per heavy atom. The number of amides is 1. The summed E-state index contributed by atoms with van der Waals surface area (Å²) in [5.74, 6) is -0.203. The number of nitrogens with one attached hydrogen (secondary N) is 1. The molecule has 2 heterocycles. The van der Waals surface area contributed by atoms with Crippen LogP contribution in [0.3, 0.4) is 0 Å². The molecule has 0 atom stereocenters. The zero-order chi connectivity index (χ0) is 23.8. The number of halogens is 2. The van der Waals surface area contributed by atoms with Gasteiger partial charge in [0.25, 0.3) is 5.91 Å². The zero-order valence-electron chi connectivity index (χ0n) is 19.6. The molecule has 1 N–H and O–H groups in total. The molecule has 174 valence electrons. The summed E-state index contributed by atoms with van der Waals surface area (Å²) in [4.78, 5) is 13.2. The average Bonchev–Trinajstić information content (AvgIpc) is 3.11. The highest BCUT2D eigenvalue weighted by atomic mass is 35.5. The third-order valence-corrected chi connectivity index (χ3v) is 6.65. The molecule has 3 aromatic rings. The van der Waals surface area contributed by atoms with Crippen LogP contribution in [0.4, 0.5) is 0 Å². The van der Waals surface area contributed by atoms with Crippen molar-refractivity contribution < 1.29 is 4.79 Å². The van der Waals surface area contributed by atoms with E-state index in [0.29, 0.717) is 21.4 Å². The van der Waals surface area contributed by atoms with E-state index in [4.69, 9.17) is 28.3 Å². The SMILES string of the molecule is Cc1c(C(=O)NN2CCCCC2)nn(-c2ccc(Cl)cc2Cl)c1-c1ccc(C(C)(C)C)cc1. The minimum Gasteiger partial charge on any atom is -0.283 e. The van der Waals surface area contributed by atoms with Gasteiger partial charge in [-0.3, -0.25) is 10.2 Å². The second-order valence-electron chi connectivity index (χ2n) is 9.65. The molecule has 1 saturated heterocycles. The van der Waals surface area contributed by atoms with Crippen molar-refractivity contribution in [3.63, 3.8) is 0 Å². The number of carbonyl (C=O) groups excluding carboxylic acids is 1. The average molecular weight is 485 g/mol. The van der Waals surface area contributed by atoms with Gasteiger partial charge < -0.3 is 0 Å². The Hall–Kier alpha value is -2.34. The first-order chi connectivity index (χ1) is 15.6. The van der Waals surface area contributed by atoms with Crippen LogP contribution in [0, 0.1) is 6.92 Å².